The summed E-state index contributed by atoms with van der Waals surface area (Å²) in [6.07, 6.45) is 5.47. The Labute approximate surface area is 328 Å². The number of hydrogen-bond acceptors (Lipinski definition) is 9. The first-order chi connectivity index (χ1) is 25.8. The van der Waals surface area contributed by atoms with Crippen LogP contribution in [-0.2, 0) is 23.9 Å². The number of piperazine rings is 1. The first-order valence-corrected chi connectivity index (χ1v) is 19.8. The third kappa shape index (κ3) is 8.63. The predicted molar refractivity (Wildman–Crippen MR) is 211 cm³/mol. The molecule has 3 aliphatic heterocycles. The van der Waals surface area contributed by atoms with E-state index >= 15 is 0 Å². The molecule has 0 spiro atoms. The van der Waals surface area contributed by atoms with Crippen LogP contribution in [0, 0.1) is 11.3 Å². The Bertz CT molecular complexity index is 1800. The lowest BCUT2D eigenvalue weighted by atomic mass is 9.89. The molecule has 0 aromatic heterocycles. The van der Waals surface area contributed by atoms with Gasteiger partial charge in [-0.25, -0.2) is 0 Å². The Balaban J connectivity index is 0.902. The monoisotopic (exact) mass is 775 g/mol. The summed E-state index contributed by atoms with van der Waals surface area (Å²) in [7, 11) is 0. The van der Waals surface area contributed by atoms with Gasteiger partial charge in [0, 0.05) is 56.5 Å². The highest BCUT2D eigenvalue weighted by atomic mass is 35.5. The molecule has 4 amide bonds. The average molecular weight is 776 g/mol. The maximum atomic E-state index is 13.6. The first kappa shape index (κ1) is 39.8. The molecular weight excluding hydrogens is 726 g/mol. The second-order valence-corrected chi connectivity index (χ2v) is 16.4. The zero-order valence-corrected chi connectivity index (χ0v) is 33.0. The van der Waals surface area contributed by atoms with Gasteiger partial charge in [0.05, 0.1) is 34.8 Å². The third-order valence-electron chi connectivity index (χ3n) is 11.4. The van der Waals surface area contributed by atoms with E-state index in [9.17, 15) is 24.4 Å². The van der Waals surface area contributed by atoms with Crippen molar-refractivity contribution in [1.29, 1.82) is 5.26 Å². The number of piperidine rings is 1. The fourth-order valence-electron chi connectivity index (χ4n) is 8.53. The second kappa shape index (κ2) is 16.8. The van der Waals surface area contributed by atoms with Gasteiger partial charge in [-0.1, -0.05) is 23.7 Å². The van der Waals surface area contributed by atoms with Crippen LogP contribution in [0.2, 0.25) is 5.02 Å². The zero-order valence-electron chi connectivity index (χ0n) is 31.5. The number of halogens is 1. The van der Waals surface area contributed by atoms with Crippen molar-refractivity contribution in [2.24, 2.45) is 0 Å². The van der Waals surface area contributed by atoms with Gasteiger partial charge in [0.25, 0.3) is 5.91 Å². The number of ether oxygens (including phenoxy) is 1. The summed E-state index contributed by atoms with van der Waals surface area (Å²) in [5.41, 5.74) is 1.64. The molecular formula is C40H50ClN7O5S. The fraction of sp³-hybridized carbons (Fsp3) is 0.550. The summed E-state index contributed by atoms with van der Waals surface area (Å²) < 4.78 is 6.35. The molecule has 0 bridgehead atoms. The molecule has 3 saturated heterocycles. The van der Waals surface area contributed by atoms with E-state index < -0.39 is 5.54 Å². The van der Waals surface area contributed by atoms with E-state index in [2.05, 4.69) is 45.3 Å². The fourth-order valence-corrected chi connectivity index (χ4v) is 9.31. The topological polar surface area (TPSA) is 138 Å². The number of hydrogen-bond donors (Lipinski definition) is 2. The smallest absolute Gasteiger partial charge is 0.258 e. The molecule has 3 atom stereocenters. The number of nitriles is 1. The Morgan fingerprint density at radius 2 is 1.72 bits per heavy atom. The van der Waals surface area contributed by atoms with Gasteiger partial charge in [0.2, 0.25) is 17.7 Å². The van der Waals surface area contributed by atoms with Crippen molar-refractivity contribution in [1.82, 2.24) is 20.0 Å². The Kier molecular flexibility index (Phi) is 12.4. The Morgan fingerprint density at radius 1 is 1.04 bits per heavy atom. The van der Waals surface area contributed by atoms with Gasteiger partial charge in [0.1, 0.15) is 11.6 Å². The van der Waals surface area contributed by atoms with Crippen LogP contribution in [0.5, 0.6) is 0 Å². The minimum Gasteiger partial charge on any atom is -0.378 e. The number of rotatable bonds is 11. The van der Waals surface area contributed by atoms with E-state index in [-0.39, 0.29) is 53.8 Å². The van der Waals surface area contributed by atoms with Crippen molar-refractivity contribution in [3.05, 3.63) is 58.6 Å². The first-order valence-electron chi connectivity index (χ1n) is 19.0. The summed E-state index contributed by atoms with van der Waals surface area (Å²) in [6.45, 7) is 11.8. The molecule has 2 N–H and O–H groups in total. The highest BCUT2D eigenvalue weighted by Gasteiger charge is 2.52. The highest BCUT2D eigenvalue weighted by molar-refractivity contribution is 7.80. The van der Waals surface area contributed by atoms with Crippen LogP contribution in [0.25, 0.3) is 0 Å². The van der Waals surface area contributed by atoms with Gasteiger partial charge < -0.3 is 19.9 Å². The average Bonchev–Trinajstić information content (AvgIpc) is 3.31. The van der Waals surface area contributed by atoms with Crippen molar-refractivity contribution in [2.75, 3.05) is 43.0 Å². The van der Waals surface area contributed by atoms with Crippen molar-refractivity contribution < 1.29 is 23.9 Å². The molecule has 6 rings (SSSR count). The lowest BCUT2D eigenvalue weighted by Crippen LogP contribution is -2.58. The normalized spacial score (nSPS) is 26.5. The molecule has 4 fully saturated rings. The molecule has 14 heteroatoms. The lowest BCUT2D eigenvalue weighted by Gasteiger charge is -2.44. The SMILES string of the molecule is C[C@@H]1CN(CCCOC2CCC(N3C(=S)N(c4ccc(C#N)c(Cl)c4)C(=O)C3(C)C)CC2)C[C@H](C)N1CC(=O)Nc1ccc(C2CCC(=O)NC2=O)cc1. The van der Waals surface area contributed by atoms with Gasteiger partial charge in [-0.15, -0.1) is 0 Å². The van der Waals surface area contributed by atoms with Gasteiger partial charge in [-0.05, 0) is 114 Å². The van der Waals surface area contributed by atoms with Crippen molar-refractivity contribution in [2.45, 2.75) is 108 Å². The minimum absolute atomic E-state index is 0.0747. The van der Waals surface area contributed by atoms with Crippen molar-refractivity contribution >= 4 is 63.9 Å². The zero-order chi connectivity index (χ0) is 38.7. The molecule has 1 aliphatic carbocycles. The third-order valence-corrected chi connectivity index (χ3v) is 12.1. The molecule has 54 heavy (non-hydrogen) atoms. The number of nitrogens with one attached hydrogen (secondary N) is 2. The van der Waals surface area contributed by atoms with E-state index in [1.165, 1.54) is 0 Å². The summed E-state index contributed by atoms with van der Waals surface area (Å²) in [4.78, 5) is 58.6. The molecule has 3 heterocycles. The number of thiocarbonyl (C=S) groups is 1. The van der Waals surface area contributed by atoms with Crippen molar-refractivity contribution in [3.63, 3.8) is 0 Å². The molecule has 288 valence electrons. The van der Waals surface area contributed by atoms with Crippen LogP contribution in [-0.4, -0.2) is 106 Å². The van der Waals surface area contributed by atoms with E-state index in [1.54, 1.807) is 23.1 Å². The van der Waals surface area contributed by atoms with Crippen LogP contribution in [0.1, 0.15) is 89.7 Å². The minimum atomic E-state index is -0.800. The van der Waals surface area contributed by atoms with Gasteiger partial charge in [-0.2, -0.15) is 5.26 Å². The predicted octanol–water partition coefficient (Wildman–Crippen LogP) is 5.20. The van der Waals surface area contributed by atoms with Crippen LogP contribution < -0.4 is 15.5 Å². The number of anilines is 2. The maximum Gasteiger partial charge on any atom is 0.258 e. The number of amides is 4. The van der Waals surface area contributed by atoms with E-state index in [4.69, 9.17) is 28.6 Å². The standard InChI is InChI=1S/C40H50ClN7O5S/c1-25-22-45(23-26(2)46(25)24-36(50)43-29-9-6-27(7-10-29)33-16-17-35(49)44-37(33)51)18-5-19-53-32-14-12-30(13-15-32)48-39(54)47(38(52)40(48,3)4)31-11-8-28(21-42)34(41)20-31/h6-11,20,25-26,30,32-33H,5,12-19,22-24H2,1-4H3,(H,43,50)(H,44,49,51)/t25-,26+,30?,32?,33?. The number of benzene rings is 2. The van der Waals surface area contributed by atoms with Gasteiger partial charge >= 0.3 is 0 Å². The molecule has 1 unspecified atom stereocenters. The molecule has 0 radical (unpaired) electrons. The maximum absolute atomic E-state index is 13.6. The van der Waals surface area contributed by atoms with Crippen LogP contribution in [0.15, 0.2) is 42.5 Å². The van der Waals surface area contributed by atoms with Gasteiger partial charge in [-0.3, -0.25) is 34.3 Å². The number of imide groups is 1. The molecule has 2 aromatic carbocycles. The number of nitrogens with zero attached hydrogens (tertiary/aromatic N) is 5. The molecule has 2 aromatic rings. The summed E-state index contributed by atoms with van der Waals surface area (Å²) in [6, 6.07) is 14.9. The summed E-state index contributed by atoms with van der Waals surface area (Å²) in [5.74, 6) is -1.03. The molecule has 4 aliphatic rings. The number of carbonyl (C=O) groups is 4. The van der Waals surface area contributed by atoms with E-state index in [0.717, 1.165) is 57.3 Å². The highest BCUT2D eigenvalue weighted by Crippen LogP contribution is 2.39. The largest absolute Gasteiger partial charge is 0.378 e. The van der Waals surface area contributed by atoms with Crippen molar-refractivity contribution in [3.8, 4) is 6.07 Å². The van der Waals surface area contributed by atoms with E-state index in [0.29, 0.717) is 53.1 Å². The summed E-state index contributed by atoms with van der Waals surface area (Å²) >= 11 is 12.2. The Morgan fingerprint density at radius 3 is 2.35 bits per heavy atom. The van der Waals surface area contributed by atoms with Crippen LogP contribution in [0.4, 0.5) is 11.4 Å². The quantitative estimate of drug-likeness (QED) is 0.178. The van der Waals surface area contributed by atoms with Crippen LogP contribution in [0.3, 0.4) is 0 Å². The number of carbonyl (C=O) groups excluding carboxylic acids is 4. The second-order valence-electron chi connectivity index (χ2n) is 15.6. The molecule has 12 nitrogen and oxygen atoms in total. The van der Waals surface area contributed by atoms with Crippen LogP contribution >= 0.6 is 23.8 Å². The molecule has 1 saturated carbocycles. The summed E-state index contributed by atoms with van der Waals surface area (Å²) in [5, 5.41) is 15.4. The lowest BCUT2D eigenvalue weighted by molar-refractivity contribution is -0.134. The Hall–Kier alpha value is -3.93. The van der Waals surface area contributed by atoms with Gasteiger partial charge in [0.15, 0.2) is 5.11 Å². The van der Waals surface area contributed by atoms with E-state index in [1.807, 2.05) is 38.1 Å².